The summed E-state index contributed by atoms with van der Waals surface area (Å²) in [5, 5.41) is 0. The van der Waals surface area contributed by atoms with Crippen LogP contribution in [0.15, 0.2) is 18.2 Å². The zero-order chi connectivity index (χ0) is 12.0. The third-order valence-electron chi connectivity index (χ3n) is 3.91. The first-order valence-electron chi connectivity index (χ1n) is 5.80. The summed E-state index contributed by atoms with van der Waals surface area (Å²) in [5.74, 6) is 0. The molecule has 0 amide bonds. The molecule has 0 atom stereocenters. The Morgan fingerprint density at radius 2 is 1.56 bits per heavy atom. The van der Waals surface area contributed by atoms with Gasteiger partial charge >= 0.3 is 112 Å². The monoisotopic (exact) mass is 346 g/mol. The van der Waals surface area contributed by atoms with Gasteiger partial charge in [0.25, 0.3) is 0 Å². The van der Waals surface area contributed by atoms with Crippen molar-refractivity contribution < 1.29 is 0 Å². The van der Waals surface area contributed by atoms with Gasteiger partial charge in [-0.05, 0) is 0 Å². The number of halogens is 1. The number of fused-ring (bicyclic) bond motifs is 1. The maximum atomic E-state index is 3.61. The van der Waals surface area contributed by atoms with Crippen LogP contribution in [0.1, 0.15) is 51.7 Å². The Hall–Kier alpha value is 0.219. The number of rotatable bonds is 1. The van der Waals surface area contributed by atoms with Crippen molar-refractivity contribution in [2.75, 3.05) is 0 Å². The number of benzene rings is 1. The van der Waals surface area contributed by atoms with Gasteiger partial charge in [-0.25, -0.2) is 0 Å². The van der Waals surface area contributed by atoms with Crippen molar-refractivity contribution in [3.05, 3.63) is 29.3 Å². The fraction of sp³-hybridized carbons (Fsp3) is 0.571. The second-order valence-electron chi connectivity index (χ2n) is 6.05. The molecule has 0 unspecified atom stereocenters. The van der Waals surface area contributed by atoms with Crippen molar-refractivity contribution in [1.82, 2.24) is 0 Å². The molecule has 0 fully saturated rings. The molecular formula is C14H19BrSe. The number of hydrogen-bond donors (Lipinski definition) is 0. The molecule has 0 aliphatic heterocycles. The molecule has 0 N–H and O–H groups in total. The van der Waals surface area contributed by atoms with Gasteiger partial charge < -0.3 is 0 Å². The molecule has 0 radical (unpaired) electrons. The zero-order valence-electron chi connectivity index (χ0n) is 10.4. The van der Waals surface area contributed by atoms with Crippen molar-refractivity contribution in [3.8, 4) is 0 Å². The van der Waals surface area contributed by atoms with Crippen LogP contribution in [0.4, 0.5) is 0 Å². The second-order valence-corrected chi connectivity index (χ2v) is 9.05. The molecule has 0 heterocycles. The molecule has 0 bridgehead atoms. The normalized spacial score (nSPS) is 21.6. The summed E-state index contributed by atoms with van der Waals surface area (Å²) in [4.78, 5) is 0. The Kier molecular flexibility index (Phi) is 3.29. The van der Waals surface area contributed by atoms with Crippen molar-refractivity contribution in [3.63, 3.8) is 0 Å². The van der Waals surface area contributed by atoms with Crippen LogP contribution in [-0.2, 0) is 10.8 Å². The number of hydrogen-bond acceptors (Lipinski definition) is 0. The average Bonchev–Trinajstić information content (AvgIpc) is 2.24. The summed E-state index contributed by atoms with van der Waals surface area (Å²) in [6.45, 7) is 9.51. The van der Waals surface area contributed by atoms with Crippen molar-refractivity contribution in [2.45, 2.75) is 51.4 Å². The van der Waals surface area contributed by atoms with Crippen LogP contribution in [0.5, 0.6) is 0 Å². The molecule has 1 aliphatic rings. The third kappa shape index (κ3) is 2.12. The summed E-state index contributed by atoms with van der Waals surface area (Å²) in [5.41, 5.74) is 3.83. The molecule has 0 saturated carbocycles. The SMILES string of the molecule is CC1(C)CCC(C)(C)c2cc([Se]Br)ccc21. The standard InChI is InChI=1S/C14H19BrSe/c1-13(2)7-8-14(3,4)12-9-10(16-15)5-6-11(12)13/h5-6,9H,7-8H2,1-4H3. The fourth-order valence-electron chi connectivity index (χ4n) is 2.62. The molecule has 1 aliphatic carbocycles. The van der Waals surface area contributed by atoms with E-state index in [9.17, 15) is 0 Å². The molecule has 1 aromatic rings. The van der Waals surface area contributed by atoms with Crippen LogP contribution in [0.2, 0.25) is 0 Å². The second kappa shape index (κ2) is 4.15. The molecular weight excluding hydrogens is 327 g/mol. The summed E-state index contributed by atoms with van der Waals surface area (Å²) < 4.78 is 1.46. The van der Waals surface area contributed by atoms with Gasteiger partial charge in [-0.1, -0.05) is 0 Å². The van der Waals surface area contributed by atoms with Gasteiger partial charge in [0.15, 0.2) is 0 Å². The minimum absolute atomic E-state index is 0.346. The maximum absolute atomic E-state index is 3.61. The molecule has 88 valence electrons. The van der Waals surface area contributed by atoms with Gasteiger partial charge in [0.1, 0.15) is 0 Å². The van der Waals surface area contributed by atoms with Crippen LogP contribution in [0, 0.1) is 0 Å². The van der Waals surface area contributed by atoms with Gasteiger partial charge in [-0.2, -0.15) is 0 Å². The van der Waals surface area contributed by atoms with E-state index in [0.29, 0.717) is 24.0 Å². The molecule has 1 aromatic carbocycles. The van der Waals surface area contributed by atoms with Crippen LogP contribution in [-0.4, -0.2) is 13.1 Å². The van der Waals surface area contributed by atoms with Crippen molar-refractivity contribution in [2.24, 2.45) is 0 Å². The molecule has 0 spiro atoms. The van der Waals surface area contributed by atoms with E-state index in [1.807, 2.05) is 0 Å². The summed E-state index contributed by atoms with van der Waals surface area (Å²) in [6, 6.07) is 7.07. The molecule has 16 heavy (non-hydrogen) atoms. The Labute approximate surface area is 112 Å². The van der Waals surface area contributed by atoms with E-state index < -0.39 is 0 Å². The Morgan fingerprint density at radius 3 is 2.12 bits per heavy atom. The quantitative estimate of drug-likeness (QED) is 0.681. The van der Waals surface area contributed by atoms with Crippen LogP contribution >= 0.6 is 14.1 Å². The van der Waals surface area contributed by atoms with Gasteiger partial charge in [-0.15, -0.1) is 0 Å². The fourth-order valence-corrected chi connectivity index (χ4v) is 4.25. The van der Waals surface area contributed by atoms with E-state index in [0.717, 1.165) is 0 Å². The van der Waals surface area contributed by atoms with E-state index in [1.165, 1.54) is 17.3 Å². The predicted molar refractivity (Wildman–Crippen MR) is 76.0 cm³/mol. The van der Waals surface area contributed by atoms with E-state index in [-0.39, 0.29) is 0 Å². The molecule has 0 nitrogen and oxygen atoms in total. The van der Waals surface area contributed by atoms with Crippen LogP contribution < -0.4 is 4.46 Å². The van der Waals surface area contributed by atoms with Crippen molar-refractivity contribution in [1.29, 1.82) is 0 Å². The van der Waals surface area contributed by atoms with Crippen molar-refractivity contribution >= 4 is 31.7 Å². The Balaban J connectivity index is 2.60. The minimum atomic E-state index is 0.346. The summed E-state index contributed by atoms with van der Waals surface area (Å²) in [7, 11) is 0. The topological polar surface area (TPSA) is 0 Å². The van der Waals surface area contributed by atoms with E-state index in [2.05, 4.69) is 60.0 Å². The predicted octanol–water partition coefficient (Wildman–Crippen LogP) is 3.68. The van der Waals surface area contributed by atoms with Crippen LogP contribution in [0.25, 0.3) is 0 Å². The van der Waals surface area contributed by atoms with Gasteiger partial charge in [0.2, 0.25) is 0 Å². The van der Waals surface area contributed by atoms with Gasteiger partial charge in [0.05, 0.1) is 0 Å². The first kappa shape index (κ1) is 12.7. The Morgan fingerprint density at radius 1 is 1.00 bits per heavy atom. The molecule has 2 rings (SSSR count). The molecule has 2 heteroatoms. The van der Waals surface area contributed by atoms with Crippen LogP contribution in [0.3, 0.4) is 0 Å². The van der Waals surface area contributed by atoms with Gasteiger partial charge in [-0.3, -0.25) is 0 Å². The first-order chi connectivity index (χ1) is 7.37. The Bertz CT molecular complexity index is 407. The van der Waals surface area contributed by atoms with E-state index >= 15 is 0 Å². The average molecular weight is 346 g/mol. The molecule has 0 saturated heterocycles. The molecule has 0 aromatic heterocycles. The summed E-state index contributed by atoms with van der Waals surface area (Å²) >= 11 is 4.04. The summed E-state index contributed by atoms with van der Waals surface area (Å²) in [6.07, 6.45) is 2.59. The van der Waals surface area contributed by atoms with Gasteiger partial charge in [0, 0.05) is 0 Å². The third-order valence-corrected chi connectivity index (χ3v) is 6.76. The zero-order valence-corrected chi connectivity index (χ0v) is 13.7. The van der Waals surface area contributed by atoms with E-state index in [1.54, 1.807) is 11.1 Å². The van der Waals surface area contributed by atoms with E-state index in [4.69, 9.17) is 0 Å². The first-order valence-corrected chi connectivity index (χ1v) is 10.7.